The lowest BCUT2D eigenvalue weighted by atomic mass is 9.60. The molecule has 1 spiro atoms. The summed E-state index contributed by atoms with van der Waals surface area (Å²) >= 11 is 1.72. The smallest absolute Gasteiger partial charge is 0.243 e. The standard InChI is InChI=1S/C20H32N4O2S/c1-4-26-17-12-16(20(17)9-5-6-10-20)23-19(22-14-18(25)24(2)3)21-13-15-8-7-11-27-15/h7-8,11,16-17H,4-6,9-10,12-14H2,1-3H3,(H2,21,22,23). The fourth-order valence-electron chi connectivity index (χ4n) is 4.28. The number of nitrogens with one attached hydrogen (secondary N) is 2. The lowest BCUT2D eigenvalue weighted by molar-refractivity contribution is -0.127. The number of likely N-dealkylation sites (N-methyl/N-ethyl adjacent to an activating group) is 1. The second kappa shape index (κ2) is 9.06. The van der Waals surface area contributed by atoms with Gasteiger partial charge in [-0.2, -0.15) is 0 Å². The van der Waals surface area contributed by atoms with Gasteiger partial charge in [-0.05, 0) is 37.6 Å². The molecule has 3 rings (SSSR count). The maximum absolute atomic E-state index is 12.0. The van der Waals surface area contributed by atoms with Crippen LogP contribution in [0.5, 0.6) is 0 Å². The van der Waals surface area contributed by atoms with Gasteiger partial charge < -0.3 is 20.3 Å². The summed E-state index contributed by atoms with van der Waals surface area (Å²) in [7, 11) is 3.52. The average molecular weight is 393 g/mol. The first-order valence-electron chi connectivity index (χ1n) is 9.94. The molecular weight excluding hydrogens is 360 g/mol. The van der Waals surface area contributed by atoms with E-state index in [4.69, 9.17) is 4.74 Å². The number of guanidine groups is 1. The van der Waals surface area contributed by atoms with Crippen LogP contribution in [0.3, 0.4) is 0 Å². The number of thiophene rings is 1. The number of ether oxygens (including phenoxy) is 1. The van der Waals surface area contributed by atoms with Gasteiger partial charge in [0.05, 0.1) is 12.6 Å². The van der Waals surface area contributed by atoms with Crippen LogP contribution in [-0.2, 0) is 16.1 Å². The Morgan fingerprint density at radius 1 is 1.41 bits per heavy atom. The van der Waals surface area contributed by atoms with E-state index in [-0.39, 0.29) is 17.9 Å². The normalized spacial score (nSPS) is 23.9. The van der Waals surface area contributed by atoms with Gasteiger partial charge in [0.15, 0.2) is 5.96 Å². The van der Waals surface area contributed by atoms with Crippen molar-refractivity contribution < 1.29 is 9.53 Å². The van der Waals surface area contributed by atoms with Crippen LogP contribution in [0.1, 0.15) is 43.9 Å². The Bertz CT molecular complexity index is 638. The summed E-state index contributed by atoms with van der Waals surface area (Å²) in [6.45, 7) is 3.72. The Hall–Kier alpha value is -1.60. The lowest BCUT2D eigenvalue weighted by Gasteiger charge is -2.54. The van der Waals surface area contributed by atoms with Crippen molar-refractivity contribution in [1.29, 1.82) is 0 Å². The van der Waals surface area contributed by atoms with E-state index < -0.39 is 0 Å². The molecule has 2 saturated carbocycles. The molecule has 2 fully saturated rings. The highest BCUT2D eigenvalue weighted by molar-refractivity contribution is 7.09. The highest BCUT2D eigenvalue weighted by atomic mass is 32.1. The molecule has 1 aromatic rings. The van der Waals surface area contributed by atoms with E-state index in [2.05, 4.69) is 34.0 Å². The topological polar surface area (TPSA) is 66.0 Å². The van der Waals surface area contributed by atoms with Crippen LogP contribution in [0.15, 0.2) is 22.5 Å². The minimum atomic E-state index is 0.00334. The first-order valence-corrected chi connectivity index (χ1v) is 10.8. The largest absolute Gasteiger partial charge is 0.378 e. The maximum atomic E-state index is 12.0. The molecule has 0 aliphatic heterocycles. The molecule has 1 heterocycles. The summed E-state index contributed by atoms with van der Waals surface area (Å²) in [6, 6.07) is 4.52. The minimum absolute atomic E-state index is 0.00334. The molecule has 6 nitrogen and oxygen atoms in total. The van der Waals surface area contributed by atoms with Gasteiger partial charge in [-0.25, -0.2) is 4.99 Å². The second-order valence-electron chi connectivity index (χ2n) is 7.70. The first kappa shape index (κ1) is 20.1. The molecule has 1 aromatic heterocycles. The molecule has 0 bridgehead atoms. The van der Waals surface area contributed by atoms with Crippen LogP contribution in [0.25, 0.3) is 0 Å². The highest BCUT2D eigenvalue weighted by Crippen LogP contribution is 2.54. The first-order chi connectivity index (χ1) is 13.0. The predicted molar refractivity (Wildman–Crippen MR) is 110 cm³/mol. The number of nitrogens with zero attached hydrogens (tertiary/aromatic N) is 2. The Labute approximate surface area is 166 Å². The molecule has 1 amide bonds. The number of carbonyl (C=O) groups excluding carboxylic acids is 1. The molecule has 7 heteroatoms. The second-order valence-corrected chi connectivity index (χ2v) is 8.74. The molecule has 2 unspecified atom stereocenters. The van der Waals surface area contributed by atoms with E-state index in [0.29, 0.717) is 18.7 Å². The van der Waals surface area contributed by atoms with Gasteiger partial charge in [0.25, 0.3) is 0 Å². The highest BCUT2D eigenvalue weighted by Gasteiger charge is 2.56. The van der Waals surface area contributed by atoms with Gasteiger partial charge in [0.1, 0.15) is 6.54 Å². The average Bonchev–Trinajstić information content (AvgIpc) is 3.35. The third-order valence-electron chi connectivity index (χ3n) is 5.88. The quantitative estimate of drug-likeness (QED) is 0.553. The Balaban J connectivity index is 1.66. The van der Waals surface area contributed by atoms with E-state index in [0.717, 1.165) is 19.0 Å². The number of amides is 1. The molecule has 0 aromatic carbocycles. The molecule has 2 N–H and O–H groups in total. The van der Waals surface area contributed by atoms with Gasteiger partial charge in [0.2, 0.25) is 5.91 Å². The zero-order chi connectivity index (χ0) is 19.3. The van der Waals surface area contributed by atoms with Crippen molar-refractivity contribution in [2.75, 3.05) is 27.2 Å². The maximum Gasteiger partial charge on any atom is 0.243 e. The van der Waals surface area contributed by atoms with Gasteiger partial charge in [-0.1, -0.05) is 18.9 Å². The molecule has 2 aliphatic carbocycles. The number of carbonyl (C=O) groups is 1. The molecular formula is C20H32N4O2S. The van der Waals surface area contributed by atoms with E-state index in [1.54, 1.807) is 30.3 Å². The van der Waals surface area contributed by atoms with Gasteiger partial charge >= 0.3 is 0 Å². The van der Waals surface area contributed by atoms with Crippen molar-refractivity contribution >= 4 is 23.2 Å². The van der Waals surface area contributed by atoms with Crippen molar-refractivity contribution in [3.8, 4) is 0 Å². The Kier molecular flexibility index (Phi) is 6.76. The Morgan fingerprint density at radius 3 is 2.81 bits per heavy atom. The van der Waals surface area contributed by atoms with E-state index in [9.17, 15) is 4.79 Å². The van der Waals surface area contributed by atoms with Crippen LogP contribution in [0.4, 0.5) is 0 Å². The van der Waals surface area contributed by atoms with Crippen molar-refractivity contribution in [2.24, 2.45) is 10.4 Å². The van der Waals surface area contributed by atoms with Crippen molar-refractivity contribution in [2.45, 2.75) is 57.7 Å². The van der Waals surface area contributed by atoms with Crippen LogP contribution in [-0.4, -0.2) is 56.2 Å². The summed E-state index contributed by atoms with van der Waals surface area (Å²) in [5.74, 6) is 0.730. The number of rotatable bonds is 7. The minimum Gasteiger partial charge on any atom is -0.378 e. The molecule has 150 valence electrons. The molecule has 0 radical (unpaired) electrons. The number of hydrogen-bond donors (Lipinski definition) is 2. The molecule has 27 heavy (non-hydrogen) atoms. The lowest BCUT2D eigenvalue weighted by Crippen LogP contribution is -2.65. The van der Waals surface area contributed by atoms with Gasteiger partial charge in [0, 0.05) is 37.0 Å². The summed E-state index contributed by atoms with van der Waals surface area (Å²) < 4.78 is 6.02. The number of hydrogen-bond acceptors (Lipinski definition) is 4. The van der Waals surface area contributed by atoms with Crippen molar-refractivity contribution in [3.63, 3.8) is 0 Å². The Morgan fingerprint density at radius 2 is 2.19 bits per heavy atom. The summed E-state index contributed by atoms with van der Waals surface area (Å²) in [5.41, 5.74) is 0.229. The van der Waals surface area contributed by atoms with E-state index in [1.807, 2.05) is 6.07 Å². The third-order valence-corrected chi connectivity index (χ3v) is 6.76. The summed E-state index contributed by atoms with van der Waals surface area (Å²) in [4.78, 5) is 19.4. The molecule has 2 aliphatic rings. The van der Waals surface area contributed by atoms with Crippen LogP contribution in [0.2, 0.25) is 0 Å². The van der Waals surface area contributed by atoms with Crippen molar-refractivity contribution in [1.82, 2.24) is 15.5 Å². The van der Waals surface area contributed by atoms with Crippen LogP contribution in [0, 0.1) is 5.41 Å². The molecule has 2 atom stereocenters. The zero-order valence-electron chi connectivity index (χ0n) is 16.7. The van der Waals surface area contributed by atoms with E-state index in [1.165, 1.54) is 30.6 Å². The van der Waals surface area contributed by atoms with Gasteiger partial charge in [-0.3, -0.25) is 4.79 Å². The molecule has 0 saturated heterocycles. The summed E-state index contributed by atoms with van der Waals surface area (Å²) in [6.07, 6.45) is 6.33. The number of aliphatic imine (C=N–C) groups is 1. The van der Waals surface area contributed by atoms with Crippen LogP contribution < -0.4 is 10.6 Å². The third kappa shape index (κ3) is 4.63. The van der Waals surface area contributed by atoms with Gasteiger partial charge in [-0.15, -0.1) is 11.3 Å². The van der Waals surface area contributed by atoms with Crippen molar-refractivity contribution in [3.05, 3.63) is 22.4 Å². The van der Waals surface area contributed by atoms with E-state index >= 15 is 0 Å². The SMILES string of the molecule is CCOC1CC(NC(=NCC(=O)N(C)C)NCc2cccs2)C12CCCC2. The fourth-order valence-corrected chi connectivity index (χ4v) is 4.92. The monoisotopic (exact) mass is 392 g/mol. The predicted octanol–water partition coefficient (Wildman–Crippen LogP) is 2.61. The summed E-state index contributed by atoms with van der Waals surface area (Å²) in [5, 5.41) is 9.10. The zero-order valence-corrected chi connectivity index (χ0v) is 17.5. The fraction of sp³-hybridized carbons (Fsp3) is 0.700. The van der Waals surface area contributed by atoms with Crippen LogP contribution >= 0.6 is 11.3 Å².